The number of carboxylic acids is 1. The molecule has 5 saturated carbocycles. The van der Waals surface area contributed by atoms with E-state index in [2.05, 4.69) is 30.6 Å². The summed E-state index contributed by atoms with van der Waals surface area (Å²) in [5.74, 6) is -4.69. The van der Waals surface area contributed by atoms with Crippen molar-refractivity contribution in [1.82, 2.24) is 29.8 Å². The van der Waals surface area contributed by atoms with Gasteiger partial charge in [0.05, 0.1) is 17.6 Å². The van der Waals surface area contributed by atoms with Crippen LogP contribution in [0.15, 0.2) is 49.1 Å². The molecule has 0 radical (unpaired) electrons. The number of aromatic nitrogens is 5. The number of carbonyl (C=O) groups is 2. The predicted octanol–water partition coefficient (Wildman–Crippen LogP) is 7.16. The third kappa shape index (κ3) is 6.54. The number of fused-ring (bicyclic) bond motifs is 1. The highest BCUT2D eigenvalue weighted by Crippen LogP contribution is 2.58. The van der Waals surface area contributed by atoms with E-state index in [0.717, 1.165) is 12.6 Å². The molecule has 0 aliphatic heterocycles. The Bertz CT molecular complexity index is 2000. The first-order chi connectivity index (χ1) is 25.3. The summed E-state index contributed by atoms with van der Waals surface area (Å²) in [5, 5.41) is 16.5. The lowest BCUT2D eigenvalue weighted by Gasteiger charge is -2.59. The summed E-state index contributed by atoms with van der Waals surface area (Å²) < 4.78 is 80.2. The second kappa shape index (κ2) is 13.2. The minimum Gasteiger partial charge on any atom is -0.492 e. The molecule has 0 unspecified atom stereocenters. The molecule has 16 heteroatoms. The Kier molecular flexibility index (Phi) is 8.76. The lowest BCUT2D eigenvalue weighted by atomic mass is 9.48. The van der Waals surface area contributed by atoms with Gasteiger partial charge in [0.25, 0.3) is 5.91 Å². The molecule has 5 aliphatic carbocycles. The average Bonchev–Trinajstić information content (AvgIpc) is 3.50. The Morgan fingerprint density at radius 1 is 0.981 bits per heavy atom. The van der Waals surface area contributed by atoms with E-state index in [1.165, 1.54) is 0 Å². The van der Waals surface area contributed by atoms with Crippen LogP contribution in [0.25, 0.3) is 22.3 Å². The average molecular weight is 740 g/mol. The fourth-order valence-corrected chi connectivity index (χ4v) is 9.51. The van der Waals surface area contributed by atoms with Gasteiger partial charge in [-0.1, -0.05) is 0 Å². The van der Waals surface area contributed by atoms with E-state index in [9.17, 15) is 36.6 Å². The first kappa shape index (κ1) is 35.2. The number of ether oxygens (including phenoxy) is 1. The maximum atomic E-state index is 14.7. The van der Waals surface area contributed by atoms with Crippen LogP contribution < -0.4 is 15.4 Å². The molecule has 0 spiro atoms. The number of anilines is 1. The number of amides is 1. The van der Waals surface area contributed by atoms with Gasteiger partial charge in [-0.2, -0.15) is 13.2 Å². The minimum atomic E-state index is -5.09. The molecule has 3 heterocycles. The molecule has 0 saturated heterocycles. The highest BCUT2D eigenvalue weighted by atomic mass is 19.4. The Morgan fingerprint density at radius 2 is 1.66 bits per heavy atom. The van der Waals surface area contributed by atoms with Crippen LogP contribution in [0.1, 0.15) is 79.9 Å². The van der Waals surface area contributed by atoms with Gasteiger partial charge in [0.1, 0.15) is 17.9 Å². The number of benzene rings is 1. The van der Waals surface area contributed by atoms with Crippen molar-refractivity contribution in [3.8, 4) is 17.1 Å². The molecule has 280 valence electrons. The third-order valence-corrected chi connectivity index (χ3v) is 11.7. The summed E-state index contributed by atoms with van der Waals surface area (Å²) in [6.45, 7) is 0.594. The van der Waals surface area contributed by atoms with Crippen molar-refractivity contribution in [3.63, 3.8) is 0 Å². The number of carboxylic acid groups (broad SMARTS) is 1. The second-order valence-corrected chi connectivity index (χ2v) is 15.0. The lowest BCUT2D eigenvalue weighted by Crippen LogP contribution is -2.70. The number of aliphatic carboxylic acids is 1. The zero-order chi connectivity index (χ0) is 37.1. The van der Waals surface area contributed by atoms with Crippen LogP contribution >= 0.6 is 0 Å². The number of alkyl halides is 5. The molecule has 4 aromatic rings. The van der Waals surface area contributed by atoms with Crippen LogP contribution in [-0.2, 0) is 11.0 Å². The van der Waals surface area contributed by atoms with E-state index in [1.54, 1.807) is 47.4 Å². The molecule has 9 rings (SSSR count). The molecule has 11 nitrogen and oxygen atoms in total. The zero-order valence-corrected chi connectivity index (χ0v) is 28.6. The van der Waals surface area contributed by atoms with Crippen LogP contribution in [0.3, 0.4) is 0 Å². The fourth-order valence-electron chi connectivity index (χ4n) is 9.51. The quantitative estimate of drug-likeness (QED) is 0.114. The number of hydrogen-bond acceptors (Lipinski definition) is 8. The van der Waals surface area contributed by atoms with Gasteiger partial charge in [0, 0.05) is 60.7 Å². The summed E-state index contributed by atoms with van der Waals surface area (Å²) in [6.07, 6.45) is 3.54. The highest BCUT2D eigenvalue weighted by Gasteiger charge is 2.62. The van der Waals surface area contributed by atoms with Gasteiger partial charge < -0.3 is 25.0 Å². The monoisotopic (exact) mass is 739 g/mol. The highest BCUT2D eigenvalue weighted by molar-refractivity contribution is 6.00. The molecule has 4 bridgehead atoms. The van der Waals surface area contributed by atoms with Crippen LogP contribution in [0.5, 0.6) is 5.75 Å². The summed E-state index contributed by atoms with van der Waals surface area (Å²) in [6, 6.07) is 6.31. The number of halogens is 5. The molecular weight excluding hydrogens is 701 g/mol. The van der Waals surface area contributed by atoms with Crippen LogP contribution in [0.2, 0.25) is 0 Å². The molecule has 3 N–H and O–H groups in total. The third-order valence-electron chi connectivity index (χ3n) is 11.7. The van der Waals surface area contributed by atoms with Crippen LogP contribution in [0.4, 0.5) is 27.9 Å². The molecule has 5 fully saturated rings. The first-order valence-corrected chi connectivity index (χ1v) is 18.0. The Labute approximate surface area is 300 Å². The van der Waals surface area contributed by atoms with Crippen molar-refractivity contribution in [2.75, 3.05) is 18.5 Å². The second-order valence-electron chi connectivity index (χ2n) is 15.0. The first-order valence-electron chi connectivity index (χ1n) is 18.0. The van der Waals surface area contributed by atoms with E-state index in [4.69, 9.17) is 4.74 Å². The van der Waals surface area contributed by atoms with Crippen molar-refractivity contribution in [2.45, 2.75) is 81.5 Å². The number of carbonyl (C=O) groups excluding carboxylic acids is 1. The zero-order valence-electron chi connectivity index (χ0n) is 28.6. The molecule has 3 aromatic heterocycles. The number of hydrogen-bond donors (Lipinski definition) is 3. The molecule has 1 aromatic carbocycles. The van der Waals surface area contributed by atoms with Gasteiger partial charge >= 0.3 is 12.1 Å². The van der Waals surface area contributed by atoms with E-state index < -0.39 is 40.8 Å². The van der Waals surface area contributed by atoms with Gasteiger partial charge in [-0.15, -0.1) is 0 Å². The molecule has 5 aliphatic rings. The van der Waals surface area contributed by atoms with E-state index in [0.29, 0.717) is 66.7 Å². The number of rotatable bonds is 10. The summed E-state index contributed by atoms with van der Waals surface area (Å²) in [5.41, 5.74) is -3.26. The van der Waals surface area contributed by atoms with Crippen LogP contribution in [0, 0.1) is 23.7 Å². The van der Waals surface area contributed by atoms with Crippen molar-refractivity contribution >= 4 is 28.7 Å². The number of nitrogens with zero attached hydrogens (tertiary/aromatic N) is 5. The van der Waals surface area contributed by atoms with Crippen molar-refractivity contribution in [2.24, 2.45) is 23.7 Å². The fraction of sp³-hybridized carbons (Fsp3) is 0.514. The minimum absolute atomic E-state index is 0.144. The topological polar surface area (TPSA) is 144 Å². The van der Waals surface area contributed by atoms with E-state index in [1.807, 2.05) is 0 Å². The summed E-state index contributed by atoms with van der Waals surface area (Å²) in [7, 11) is 0. The Morgan fingerprint density at radius 3 is 2.30 bits per heavy atom. The van der Waals surface area contributed by atoms with Gasteiger partial charge in [-0.05, 0) is 86.8 Å². The van der Waals surface area contributed by atoms with E-state index >= 15 is 0 Å². The normalized spacial score (nSPS) is 26.4. The SMILES string of the molecule is O=C(NC1(C(=O)O)C2CC3CC(C2)CC1C3)c1cnc(-c2cn(C3CCC(F)(F)CC3)c3cc(OCCNc4ncccn4)ccc23)nc1C(F)(F)F. The molecule has 0 atom stereocenters. The summed E-state index contributed by atoms with van der Waals surface area (Å²) in [4.78, 5) is 42.9. The number of nitrogens with one attached hydrogen (secondary N) is 2. The standard InChI is InChI=1S/C37H38F5N7O4/c38-35(39)6-4-24(5-7-35)49-19-28(26-3-2-25(17-29(26)49)53-11-10-45-34-43-8-1-9-44-34)31-46-18-27(30(47-31)37(40,41)42)32(50)48-36(33(51)52)22-13-20-12-21(15-22)16-23(36)14-20/h1-3,8-9,17-24H,4-7,10-16H2,(H,48,50)(H,51,52)(H,43,44,45). The predicted molar refractivity (Wildman–Crippen MR) is 181 cm³/mol. The smallest absolute Gasteiger partial charge is 0.434 e. The van der Waals surface area contributed by atoms with Crippen molar-refractivity contribution in [3.05, 3.63) is 60.3 Å². The Hall–Kier alpha value is -4.89. The maximum Gasteiger partial charge on any atom is 0.434 e. The lowest BCUT2D eigenvalue weighted by molar-refractivity contribution is -0.163. The molecular formula is C37H38F5N7O4. The van der Waals surface area contributed by atoms with Crippen LogP contribution in [-0.4, -0.2) is 66.1 Å². The maximum absolute atomic E-state index is 14.7. The van der Waals surface area contributed by atoms with Gasteiger partial charge in [0.15, 0.2) is 11.5 Å². The van der Waals surface area contributed by atoms with Gasteiger partial charge in [0.2, 0.25) is 11.9 Å². The van der Waals surface area contributed by atoms with Crippen molar-refractivity contribution < 1.29 is 41.4 Å². The largest absolute Gasteiger partial charge is 0.492 e. The van der Waals surface area contributed by atoms with Gasteiger partial charge in [-0.25, -0.2) is 33.5 Å². The summed E-state index contributed by atoms with van der Waals surface area (Å²) >= 11 is 0. The molecule has 1 amide bonds. The molecule has 53 heavy (non-hydrogen) atoms. The van der Waals surface area contributed by atoms with Crippen molar-refractivity contribution in [1.29, 1.82) is 0 Å². The Balaban J connectivity index is 1.11. The van der Waals surface area contributed by atoms with E-state index in [-0.39, 0.29) is 61.6 Å². The van der Waals surface area contributed by atoms with Gasteiger partial charge in [-0.3, -0.25) is 4.79 Å².